The van der Waals surface area contributed by atoms with E-state index >= 15 is 0 Å². The van der Waals surface area contributed by atoms with Crippen molar-refractivity contribution >= 4 is 25.4 Å². The summed E-state index contributed by atoms with van der Waals surface area (Å²) in [6, 6.07) is 0. The summed E-state index contributed by atoms with van der Waals surface area (Å²) in [6.07, 6.45) is -0.363. The molecule has 1 aliphatic heterocycles. The third kappa shape index (κ3) is 3.37. The van der Waals surface area contributed by atoms with E-state index in [2.05, 4.69) is 9.98 Å². The van der Waals surface area contributed by atoms with Gasteiger partial charge < -0.3 is 9.30 Å². The van der Waals surface area contributed by atoms with Gasteiger partial charge in [0.2, 0.25) is 0 Å². The lowest BCUT2D eigenvalue weighted by Gasteiger charge is -2.24. The molecule has 1 N–H and O–H groups in total. The van der Waals surface area contributed by atoms with Crippen molar-refractivity contribution in [2.45, 2.75) is 46.4 Å². The summed E-state index contributed by atoms with van der Waals surface area (Å²) in [6.45, 7) is 7.90. The van der Waals surface area contributed by atoms with Crippen molar-refractivity contribution in [1.29, 1.82) is 5.41 Å². The zero-order valence-corrected chi connectivity index (χ0v) is 13.6. The number of hydrogen-bond donors (Lipinski definition) is 1. The third-order valence-corrected chi connectivity index (χ3v) is 3.13. The Labute approximate surface area is 131 Å². The molecule has 0 atom stereocenters. The van der Waals surface area contributed by atoms with E-state index in [9.17, 15) is 4.79 Å². The zero-order valence-electron chi connectivity index (χ0n) is 13.6. The maximum atomic E-state index is 12.1. The van der Waals surface area contributed by atoms with Gasteiger partial charge in [0.25, 0.3) is 0 Å². The third-order valence-electron chi connectivity index (χ3n) is 3.13. The second kappa shape index (κ2) is 5.59. The quantitative estimate of drug-likeness (QED) is 0.485. The van der Waals surface area contributed by atoms with Gasteiger partial charge in [0, 0.05) is 7.05 Å². The van der Waals surface area contributed by atoms with Crippen LogP contribution in [0.1, 0.15) is 44.9 Å². The predicted molar refractivity (Wildman–Crippen MR) is 84.4 cm³/mol. The van der Waals surface area contributed by atoms with Crippen LogP contribution in [-0.2, 0) is 24.9 Å². The Morgan fingerprint density at radius 2 is 2.05 bits per heavy atom. The van der Waals surface area contributed by atoms with Crippen molar-refractivity contribution in [3.8, 4) is 0 Å². The number of aromatic nitrogens is 2. The summed E-state index contributed by atoms with van der Waals surface area (Å²) in [5, 5.41) is 7.91. The number of hydrogen-bond acceptors (Lipinski definition) is 4. The largest absolute Gasteiger partial charge is 0.444 e. The van der Waals surface area contributed by atoms with Crippen LogP contribution in [0.15, 0.2) is 4.99 Å². The van der Waals surface area contributed by atoms with Gasteiger partial charge >= 0.3 is 6.09 Å². The summed E-state index contributed by atoms with van der Waals surface area (Å²) >= 11 is 0. The number of carbonyl (C=O) groups is 1. The van der Waals surface area contributed by atoms with Crippen molar-refractivity contribution in [3.63, 3.8) is 0 Å². The first-order valence-corrected chi connectivity index (χ1v) is 7.00. The van der Waals surface area contributed by atoms with Gasteiger partial charge in [-0.3, -0.25) is 10.3 Å². The van der Waals surface area contributed by atoms with E-state index in [1.807, 2.05) is 20.8 Å². The van der Waals surface area contributed by atoms with E-state index in [4.69, 9.17) is 18.0 Å². The monoisotopic (exact) mass is 301 g/mol. The van der Waals surface area contributed by atoms with Crippen molar-refractivity contribution in [2.24, 2.45) is 12.0 Å². The molecule has 22 heavy (non-hydrogen) atoms. The number of ether oxygens (including phenoxy) is 1. The van der Waals surface area contributed by atoms with Crippen LogP contribution in [0.25, 0.3) is 0 Å². The molecule has 1 aromatic rings. The Morgan fingerprint density at radius 3 is 2.55 bits per heavy atom. The fraction of sp³-hybridized carbons (Fsp3) is 0.571. The highest BCUT2D eigenvalue weighted by molar-refractivity contribution is 6.60. The van der Waals surface area contributed by atoms with Gasteiger partial charge in [-0.1, -0.05) is 0 Å². The molecule has 8 heteroatoms. The van der Waals surface area contributed by atoms with Crippen LogP contribution in [0.4, 0.5) is 4.79 Å². The summed E-state index contributed by atoms with van der Waals surface area (Å²) in [4.78, 5) is 22.0. The lowest BCUT2D eigenvalue weighted by molar-refractivity contribution is 0.0237. The molecule has 0 aliphatic carbocycles. The molecule has 0 saturated carbocycles. The molecule has 1 aliphatic rings. The number of carbonyl (C=O) groups excluding carboxylic acids is 1. The van der Waals surface area contributed by atoms with Gasteiger partial charge in [0.05, 0.1) is 24.5 Å². The standard InChI is InChI=1S/C14H20BN5O2/c1-8(15)17-11(16)12-18-9-6-20(7-10(9)19(12)5)13(21)22-14(2,3)4/h16H,6-7H2,1-5H3. The molecule has 2 rings (SSSR count). The molecule has 1 amide bonds. The molecular weight excluding hydrogens is 281 g/mol. The molecule has 1 aromatic heterocycles. The van der Waals surface area contributed by atoms with Gasteiger partial charge in [0.15, 0.2) is 11.7 Å². The Morgan fingerprint density at radius 1 is 1.41 bits per heavy atom. The van der Waals surface area contributed by atoms with E-state index in [1.165, 1.54) is 0 Å². The van der Waals surface area contributed by atoms with E-state index in [0.29, 0.717) is 24.5 Å². The molecule has 0 aromatic carbocycles. The molecule has 116 valence electrons. The smallest absolute Gasteiger partial charge is 0.410 e. The summed E-state index contributed by atoms with van der Waals surface area (Å²) in [7, 11) is 7.30. The first kappa shape index (κ1) is 16.3. The minimum atomic E-state index is -0.528. The first-order chi connectivity index (χ1) is 10.1. The average Bonchev–Trinajstić information content (AvgIpc) is 2.86. The van der Waals surface area contributed by atoms with E-state index < -0.39 is 5.60 Å². The Bertz CT molecular complexity index is 653. The van der Waals surface area contributed by atoms with Crippen LogP contribution >= 0.6 is 0 Å². The average molecular weight is 301 g/mol. The summed E-state index contributed by atoms with van der Waals surface area (Å²) < 4.78 is 7.13. The number of amidine groups is 1. The molecule has 0 fully saturated rings. The highest BCUT2D eigenvalue weighted by atomic mass is 16.6. The van der Waals surface area contributed by atoms with Crippen molar-refractivity contribution < 1.29 is 9.53 Å². The van der Waals surface area contributed by atoms with Crippen molar-refractivity contribution in [1.82, 2.24) is 14.5 Å². The molecule has 0 unspecified atom stereocenters. The van der Waals surface area contributed by atoms with Crippen LogP contribution in [0.5, 0.6) is 0 Å². The van der Waals surface area contributed by atoms with Crippen molar-refractivity contribution in [3.05, 3.63) is 17.2 Å². The minimum absolute atomic E-state index is 0.0146. The van der Waals surface area contributed by atoms with E-state index in [1.54, 1.807) is 23.4 Å². The molecule has 2 radical (unpaired) electrons. The highest BCUT2D eigenvalue weighted by Gasteiger charge is 2.32. The highest BCUT2D eigenvalue weighted by Crippen LogP contribution is 2.25. The van der Waals surface area contributed by atoms with Crippen LogP contribution < -0.4 is 0 Å². The zero-order chi connectivity index (χ0) is 16.7. The van der Waals surface area contributed by atoms with Gasteiger partial charge in [-0.05, 0) is 33.3 Å². The second-order valence-electron chi connectivity index (χ2n) is 6.33. The Balaban J connectivity index is 2.16. The molecular formula is C14H20BN5O2. The number of nitrogens with one attached hydrogen (secondary N) is 1. The molecule has 0 spiro atoms. The maximum Gasteiger partial charge on any atom is 0.410 e. The molecule has 0 saturated heterocycles. The summed E-state index contributed by atoms with van der Waals surface area (Å²) in [5.74, 6) is 0.458. The Hall–Kier alpha value is -2.12. The second-order valence-corrected chi connectivity index (χ2v) is 6.33. The maximum absolute atomic E-state index is 12.1. The van der Waals surface area contributed by atoms with Gasteiger partial charge in [-0.15, -0.1) is 0 Å². The molecule has 7 nitrogen and oxygen atoms in total. The lowest BCUT2D eigenvalue weighted by Crippen LogP contribution is -2.34. The van der Waals surface area contributed by atoms with E-state index in [-0.39, 0.29) is 11.9 Å². The summed E-state index contributed by atoms with van der Waals surface area (Å²) in [5.41, 5.74) is 1.43. The predicted octanol–water partition coefficient (Wildman–Crippen LogP) is 1.58. The number of nitrogens with zero attached hydrogens (tertiary/aromatic N) is 4. The minimum Gasteiger partial charge on any atom is -0.444 e. The van der Waals surface area contributed by atoms with Gasteiger partial charge in [0.1, 0.15) is 13.4 Å². The van der Waals surface area contributed by atoms with Crippen LogP contribution in [0, 0.1) is 5.41 Å². The fourth-order valence-electron chi connectivity index (χ4n) is 2.22. The first-order valence-electron chi connectivity index (χ1n) is 7.00. The Kier molecular flexibility index (Phi) is 4.13. The van der Waals surface area contributed by atoms with Gasteiger partial charge in [-0.25, -0.2) is 14.8 Å². The molecule has 2 heterocycles. The number of fused-ring (bicyclic) bond motifs is 1. The number of aliphatic imine (C=N–C) groups is 1. The number of imidazole rings is 1. The normalized spacial score (nSPS) is 15.0. The number of amides is 1. The van der Waals surface area contributed by atoms with Crippen LogP contribution in [0.2, 0.25) is 0 Å². The van der Waals surface area contributed by atoms with Crippen LogP contribution in [0.3, 0.4) is 0 Å². The topological polar surface area (TPSA) is 83.6 Å². The lowest BCUT2D eigenvalue weighted by atomic mass is 10.0. The fourth-order valence-corrected chi connectivity index (χ4v) is 2.22. The van der Waals surface area contributed by atoms with Gasteiger partial charge in [-0.2, -0.15) is 0 Å². The number of rotatable bonds is 1. The van der Waals surface area contributed by atoms with E-state index in [0.717, 1.165) is 11.4 Å². The van der Waals surface area contributed by atoms with Crippen LogP contribution in [-0.4, -0.2) is 45.4 Å². The van der Waals surface area contributed by atoms with Crippen molar-refractivity contribution in [2.75, 3.05) is 0 Å². The SMILES string of the molecule is [B]C(C)=NC(=N)c1nc2c(n1C)CN(C(=O)OC(C)(C)C)C2. The molecule has 0 bridgehead atoms.